The molecule has 1 fully saturated rings. The lowest BCUT2D eigenvalue weighted by Crippen LogP contribution is -1.78. The minimum Gasteiger partial charge on any atom is -0.0925 e. The van der Waals surface area contributed by atoms with Crippen molar-refractivity contribution in [2.24, 2.45) is 11.8 Å². The predicted molar refractivity (Wildman–Crippen MR) is 35.7 cm³/mol. The first-order chi connectivity index (χ1) is 3.38. The van der Waals surface area contributed by atoms with Crippen molar-refractivity contribution in [1.82, 2.24) is 0 Å². The molecule has 0 nitrogen and oxygen atoms in total. The van der Waals surface area contributed by atoms with Crippen molar-refractivity contribution in [2.75, 3.05) is 5.33 Å². The van der Waals surface area contributed by atoms with Gasteiger partial charge in [-0.1, -0.05) is 29.3 Å². The van der Waals surface area contributed by atoms with Crippen molar-refractivity contribution < 1.29 is 0 Å². The molecule has 7 heavy (non-hydrogen) atoms. The van der Waals surface area contributed by atoms with Crippen molar-refractivity contribution in [2.45, 2.75) is 19.8 Å². The molecule has 0 saturated heterocycles. The Hall–Kier alpha value is 0.480. The van der Waals surface area contributed by atoms with E-state index in [2.05, 4.69) is 22.9 Å². The molecule has 1 aliphatic carbocycles. The van der Waals surface area contributed by atoms with E-state index in [0.29, 0.717) is 0 Å². The third kappa shape index (κ3) is 1.18. The van der Waals surface area contributed by atoms with Crippen LogP contribution in [0, 0.1) is 11.8 Å². The summed E-state index contributed by atoms with van der Waals surface area (Å²) in [7, 11) is 0. The van der Waals surface area contributed by atoms with E-state index in [9.17, 15) is 0 Å². The number of halogens is 1. The fraction of sp³-hybridized carbons (Fsp3) is 1.00. The molecule has 0 aromatic heterocycles. The average Bonchev–Trinajstić information content (AvgIpc) is 2.43. The zero-order valence-electron chi connectivity index (χ0n) is 4.65. The number of rotatable bonds is 2. The van der Waals surface area contributed by atoms with Crippen LogP contribution in [0.25, 0.3) is 0 Å². The molecule has 0 amide bonds. The molecule has 1 saturated carbocycles. The highest BCUT2D eigenvalue weighted by Gasteiger charge is 2.33. The van der Waals surface area contributed by atoms with Gasteiger partial charge in [-0.15, -0.1) is 0 Å². The molecule has 0 radical (unpaired) electrons. The van der Waals surface area contributed by atoms with E-state index in [0.717, 1.165) is 11.8 Å². The second kappa shape index (κ2) is 2.17. The summed E-state index contributed by atoms with van der Waals surface area (Å²) < 4.78 is 0. The van der Waals surface area contributed by atoms with Crippen LogP contribution in [0.1, 0.15) is 19.8 Å². The molecule has 0 heterocycles. The normalized spacial score (nSPS) is 38.6. The van der Waals surface area contributed by atoms with Gasteiger partial charge in [0.2, 0.25) is 0 Å². The molecule has 1 heteroatoms. The van der Waals surface area contributed by atoms with Crippen LogP contribution in [0.5, 0.6) is 0 Å². The van der Waals surface area contributed by atoms with E-state index in [-0.39, 0.29) is 0 Å². The molecular formula is C6H11Br. The summed E-state index contributed by atoms with van der Waals surface area (Å²) in [5.41, 5.74) is 0. The van der Waals surface area contributed by atoms with Gasteiger partial charge >= 0.3 is 0 Å². The van der Waals surface area contributed by atoms with Crippen LogP contribution in [0.15, 0.2) is 0 Å². The second-order valence-electron chi connectivity index (χ2n) is 2.32. The van der Waals surface area contributed by atoms with Crippen molar-refractivity contribution >= 4 is 15.9 Å². The van der Waals surface area contributed by atoms with Gasteiger partial charge in [-0.25, -0.2) is 0 Å². The summed E-state index contributed by atoms with van der Waals surface area (Å²) in [6.45, 7) is 2.27. The van der Waals surface area contributed by atoms with Gasteiger partial charge in [0.05, 0.1) is 0 Å². The zero-order valence-corrected chi connectivity index (χ0v) is 6.24. The van der Waals surface area contributed by atoms with Gasteiger partial charge in [0.25, 0.3) is 0 Å². The van der Waals surface area contributed by atoms with Crippen LogP contribution in [0.4, 0.5) is 0 Å². The number of alkyl halides is 1. The Morgan fingerprint density at radius 1 is 1.57 bits per heavy atom. The van der Waals surface area contributed by atoms with Gasteiger partial charge in [-0.2, -0.15) is 0 Å². The molecule has 1 aliphatic rings. The highest BCUT2D eigenvalue weighted by Crippen LogP contribution is 2.41. The molecule has 0 N–H and O–H groups in total. The fourth-order valence-corrected chi connectivity index (χ4v) is 1.79. The van der Waals surface area contributed by atoms with Crippen molar-refractivity contribution in [3.05, 3.63) is 0 Å². The Kier molecular flexibility index (Phi) is 1.74. The quantitative estimate of drug-likeness (QED) is 0.548. The standard InChI is InChI=1S/C6H11Br/c1-2-5-3-6(5)4-7/h5-6H,2-4H2,1H3/t5-,6-/m1/s1. The molecule has 0 bridgehead atoms. The maximum atomic E-state index is 3.46. The molecule has 2 atom stereocenters. The minimum absolute atomic E-state index is 1.03. The van der Waals surface area contributed by atoms with Crippen LogP contribution in [-0.2, 0) is 0 Å². The summed E-state index contributed by atoms with van der Waals surface area (Å²) in [5, 5.41) is 1.23. The monoisotopic (exact) mass is 162 g/mol. The second-order valence-corrected chi connectivity index (χ2v) is 2.97. The first kappa shape index (κ1) is 5.61. The number of hydrogen-bond donors (Lipinski definition) is 0. The topological polar surface area (TPSA) is 0 Å². The summed E-state index contributed by atoms with van der Waals surface area (Å²) in [6, 6.07) is 0. The molecular weight excluding hydrogens is 152 g/mol. The van der Waals surface area contributed by atoms with E-state index >= 15 is 0 Å². The lowest BCUT2D eigenvalue weighted by atomic mass is 10.3. The molecule has 0 aromatic carbocycles. The Bertz CT molecular complexity index is 53.2. The molecule has 0 aromatic rings. The van der Waals surface area contributed by atoms with Gasteiger partial charge in [-0.3, -0.25) is 0 Å². The van der Waals surface area contributed by atoms with Crippen molar-refractivity contribution in [3.8, 4) is 0 Å². The van der Waals surface area contributed by atoms with Gasteiger partial charge in [0.15, 0.2) is 0 Å². The van der Waals surface area contributed by atoms with Crippen molar-refractivity contribution in [3.63, 3.8) is 0 Å². The Morgan fingerprint density at radius 3 is 2.43 bits per heavy atom. The van der Waals surface area contributed by atoms with Gasteiger partial charge < -0.3 is 0 Å². The van der Waals surface area contributed by atoms with Crippen LogP contribution in [-0.4, -0.2) is 5.33 Å². The van der Waals surface area contributed by atoms with Crippen LogP contribution < -0.4 is 0 Å². The van der Waals surface area contributed by atoms with Gasteiger partial charge in [0, 0.05) is 5.33 Å². The third-order valence-corrected chi connectivity index (χ3v) is 2.62. The maximum Gasteiger partial charge on any atom is 0.00624 e. The molecule has 42 valence electrons. The summed E-state index contributed by atoms with van der Waals surface area (Å²) in [6.07, 6.45) is 2.86. The van der Waals surface area contributed by atoms with Crippen LogP contribution >= 0.6 is 15.9 Å². The SMILES string of the molecule is CC[C@@H]1C[C@@H]1CBr. The highest BCUT2D eigenvalue weighted by atomic mass is 79.9. The lowest BCUT2D eigenvalue weighted by Gasteiger charge is -1.84. The predicted octanol–water partition coefficient (Wildman–Crippen LogP) is 2.43. The van der Waals surface area contributed by atoms with E-state index in [1.807, 2.05) is 0 Å². The van der Waals surface area contributed by atoms with Gasteiger partial charge in [-0.05, 0) is 18.3 Å². The first-order valence-corrected chi connectivity index (χ1v) is 4.06. The molecule has 0 spiro atoms. The summed E-state index contributed by atoms with van der Waals surface area (Å²) in [5.74, 6) is 2.10. The first-order valence-electron chi connectivity index (χ1n) is 2.94. The van der Waals surface area contributed by atoms with Crippen LogP contribution in [0.2, 0.25) is 0 Å². The molecule has 0 unspecified atom stereocenters. The van der Waals surface area contributed by atoms with Crippen LogP contribution in [0.3, 0.4) is 0 Å². The maximum absolute atomic E-state index is 3.46. The van der Waals surface area contributed by atoms with E-state index < -0.39 is 0 Å². The van der Waals surface area contributed by atoms with E-state index in [4.69, 9.17) is 0 Å². The number of hydrogen-bond acceptors (Lipinski definition) is 0. The minimum atomic E-state index is 1.03. The molecule has 1 rings (SSSR count). The van der Waals surface area contributed by atoms with E-state index in [1.54, 1.807) is 0 Å². The Balaban J connectivity index is 2.06. The molecule has 0 aliphatic heterocycles. The fourth-order valence-electron chi connectivity index (χ4n) is 0.999. The lowest BCUT2D eigenvalue weighted by molar-refractivity contribution is 0.731. The van der Waals surface area contributed by atoms with Gasteiger partial charge in [0.1, 0.15) is 0 Å². The largest absolute Gasteiger partial charge is 0.0925 e. The smallest absolute Gasteiger partial charge is 0.00624 e. The summed E-state index contributed by atoms with van der Waals surface area (Å²) >= 11 is 3.46. The average molecular weight is 163 g/mol. The van der Waals surface area contributed by atoms with E-state index in [1.165, 1.54) is 18.2 Å². The Morgan fingerprint density at radius 2 is 2.29 bits per heavy atom. The van der Waals surface area contributed by atoms with Crippen molar-refractivity contribution in [1.29, 1.82) is 0 Å². The third-order valence-electron chi connectivity index (χ3n) is 1.79. The summed E-state index contributed by atoms with van der Waals surface area (Å²) in [4.78, 5) is 0. The highest BCUT2D eigenvalue weighted by molar-refractivity contribution is 9.09. The zero-order chi connectivity index (χ0) is 5.28. The Labute approximate surface area is 53.4 Å².